The van der Waals surface area contributed by atoms with Crippen LogP contribution in [0.15, 0.2) is 30.2 Å². The van der Waals surface area contributed by atoms with E-state index in [0.29, 0.717) is 10.9 Å². The fraction of sp³-hybridized carbons (Fsp3) is 0.364. The summed E-state index contributed by atoms with van der Waals surface area (Å²) in [4.78, 5) is 14.1. The van der Waals surface area contributed by atoms with Gasteiger partial charge in [-0.1, -0.05) is 17.7 Å². The number of halogens is 1. The summed E-state index contributed by atoms with van der Waals surface area (Å²) in [7, 11) is 0. The van der Waals surface area contributed by atoms with Crippen molar-refractivity contribution in [1.29, 1.82) is 0 Å². The van der Waals surface area contributed by atoms with Gasteiger partial charge in [-0.3, -0.25) is 10.1 Å². The summed E-state index contributed by atoms with van der Waals surface area (Å²) in [5, 5.41) is 14.1. The lowest BCUT2D eigenvalue weighted by atomic mass is 9.90. The van der Waals surface area contributed by atoms with Crippen molar-refractivity contribution in [3.8, 4) is 0 Å². The van der Waals surface area contributed by atoms with Crippen molar-refractivity contribution in [2.24, 2.45) is 0 Å². The van der Waals surface area contributed by atoms with Crippen LogP contribution in [0, 0.1) is 10.1 Å². The van der Waals surface area contributed by atoms with Crippen molar-refractivity contribution >= 4 is 11.6 Å². The fourth-order valence-electron chi connectivity index (χ4n) is 2.01. The number of nitro groups is 1. The topological polar surface area (TPSA) is 68.1 Å². The Bertz CT molecular complexity index is 445. The molecule has 1 aromatic rings. The van der Waals surface area contributed by atoms with E-state index in [-0.39, 0.29) is 5.92 Å². The van der Waals surface area contributed by atoms with Gasteiger partial charge >= 0.3 is 0 Å². The predicted molar refractivity (Wildman–Crippen MR) is 64.3 cm³/mol. The van der Waals surface area contributed by atoms with Crippen LogP contribution in [0.2, 0.25) is 5.15 Å². The van der Waals surface area contributed by atoms with Crippen molar-refractivity contribution in [1.82, 2.24) is 10.3 Å². The smallest absolute Gasteiger partial charge is 0.253 e. The number of rotatable bonds is 2. The van der Waals surface area contributed by atoms with Crippen LogP contribution in [-0.2, 0) is 0 Å². The van der Waals surface area contributed by atoms with Gasteiger partial charge in [-0.15, -0.1) is 0 Å². The molecule has 2 rings (SSSR count). The average Bonchev–Trinajstić information content (AvgIpc) is 2.30. The average molecular weight is 254 g/mol. The minimum absolute atomic E-state index is 0.0129. The van der Waals surface area contributed by atoms with Gasteiger partial charge in [0.05, 0.1) is 10.6 Å². The van der Waals surface area contributed by atoms with Gasteiger partial charge in [0.2, 0.25) is 0 Å². The predicted octanol–water partition coefficient (Wildman–Crippen LogP) is 2.32. The molecule has 1 fully saturated rings. The molecule has 1 aliphatic rings. The van der Waals surface area contributed by atoms with Crippen LogP contribution in [0.3, 0.4) is 0 Å². The molecular weight excluding hydrogens is 242 g/mol. The number of allylic oxidation sites excluding steroid dienone is 1. The molecule has 0 saturated carbocycles. The lowest BCUT2D eigenvalue weighted by Crippen LogP contribution is -2.27. The van der Waals surface area contributed by atoms with Gasteiger partial charge in [0.1, 0.15) is 5.15 Å². The summed E-state index contributed by atoms with van der Waals surface area (Å²) in [6, 6.07) is 3.57. The van der Waals surface area contributed by atoms with Gasteiger partial charge in [0.25, 0.3) is 6.20 Å². The SMILES string of the molecule is O=[N+]([O-])/C=C1\NCCCC1c1ccc(Cl)nc1. The normalized spacial score (nSPS) is 22.2. The maximum absolute atomic E-state index is 10.6. The zero-order valence-corrected chi connectivity index (χ0v) is 9.85. The minimum Gasteiger partial charge on any atom is -0.383 e. The van der Waals surface area contributed by atoms with Crippen LogP contribution in [0.5, 0.6) is 0 Å². The maximum atomic E-state index is 10.6. The number of hydrogen-bond acceptors (Lipinski definition) is 4. The van der Waals surface area contributed by atoms with Gasteiger partial charge in [-0.25, -0.2) is 4.98 Å². The summed E-state index contributed by atoms with van der Waals surface area (Å²) >= 11 is 5.72. The molecule has 1 saturated heterocycles. The minimum atomic E-state index is -0.427. The van der Waals surface area contributed by atoms with Crippen molar-refractivity contribution < 1.29 is 4.92 Å². The lowest BCUT2D eigenvalue weighted by Gasteiger charge is -2.25. The van der Waals surface area contributed by atoms with E-state index in [0.717, 1.165) is 31.1 Å². The summed E-state index contributed by atoms with van der Waals surface area (Å²) in [6.45, 7) is 0.775. The Hall–Kier alpha value is -1.62. The van der Waals surface area contributed by atoms with Crippen LogP contribution in [0.25, 0.3) is 0 Å². The van der Waals surface area contributed by atoms with E-state index in [1.165, 1.54) is 0 Å². The third-order valence-electron chi connectivity index (χ3n) is 2.77. The van der Waals surface area contributed by atoms with Crippen LogP contribution < -0.4 is 5.32 Å². The molecule has 0 amide bonds. The van der Waals surface area contributed by atoms with Crippen molar-refractivity contribution in [3.05, 3.63) is 51.1 Å². The molecule has 1 atom stereocenters. The van der Waals surface area contributed by atoms with Gasteiger partial charge in [0.15, 0.2) is 0 Å². The molecule has 1 aromatic heterocycles. The first-order valence-corrected chi connectivity index (χ1v) is 5.75. The zero-order valence-electron chi connectivity index (χ0n) is 9.10. The van der Waals surface area contributed by atoms with E-state index < -0.39 is 4.92 Å². The van der Waals surface area contributed by atoms with Crippen molar-refractivity contribution in [2.45, 2.75) is 18.8 Å². The molecule has 5 nitrogen and oxygen atoms in total. The first-order chi connectivity index (χ1) is 8.16. The number of pyridine rings is 1. The number of hydrogen-bond donors (Lipinski definition) is 1. The maximum Gasteiger partial charge on any atom is 0.253 e. The highest BCUT2D eigenvalue weighted by Gasteiger charge is 2.23. The van der Waals surface area contributed by atoms with Gasteiger partial charge in [-0.2, -0.15) is 0 Å². The van der Waals surface area contributed by atoms with E-state index in [9.17, 15) is 10.1 Å². The Labute approximate surface area is 104 Å². The van der Waals surface area contributed by atoms with Crippen LogP contribution in [-0.4, -0.2) is 16.5 Å². The van der Waals surface area contributed by atoms with Gasteiger partial charge in [-0.05, 0) is 24.5 Å². The highest BCUT2D eigenvalue weighted by atomic mass is 35.5. The number of aromatic nitrogens is 1. The van der Waals surface area contributed by atoms with E-state index in [4.69, 9.17) is 11.6 Å². The Morgan fingerprint density at radius 2 is 2.41 bits per heavy atom. The first-order valence-electron chi connectivity index (χ1n) is 5.37. The third-order valence-corrected chi connectivity index (χ3v) is 2.99. The monoisotopic (exact) mass is 253 g/mol. The lowest BCUT2D eigenvalue weighted by molar-refractivity contribution is -0.404. The molecule has 2 heterocycles. The van der Waals surface area contributed by atoms with E-state index in [1.54, 1.807) is 12.3 Å². The second-order valence-corrected chi connectivity index (χ2v) is 4.29. The first kappa shape index (κ1) is 11.9. The molecule has 1 N–H and O–H groups in total. The quantitative estimate of drug-likeness (QED) is 0.499. The molecule has 1 unspecified atom stereocenters. The highest BCUT2D eigenvalue weighted by Crippen LogP contribution is 2.30. The van der Waals surface area contributed by atoms with Gasteiger partial charge < -0.3 is 5.32 Å². The Balaban J connectivity index is 2.27. The molecule has 0 spiro atoms. The fourth-order valence-corrected chi connectivity index (χ4v) is 2.12. The standard InChI is InChI=1S/C11H12ClN3O2/c12-11-4-3-8(6-14-11)9-2-1-5-13-10(9)7-15(16)17/h3-4,6-7,9,13H,1-2,5H2/b10-7-. The Kier molecular flexibility index (Phi) is 3.58. The van der Waals surface area contributed by atoms with Gasteiger partial charge in [0, 0.05) is 18.7 Å². The van der Waals surface area contributed by atoms with E-state index in [2.05, 4.69) is 10.3 Å². The number of nitrogens with one attached hydrogen (secondary N) is 1. The molecule has 0 radical (unpaired) electrons. The summed E-state index contributed by atoms with van der Waals surface area (Å²) in [6.07, 6.45) is 4.59. The second-order valence-electron chi connectivity index (χ2n) is 3.91. The Morgan fingerprint density at radius 1 is 1.59 bits per heavy atom. The summed E-state index contributed by atoms with van der Waals surface area (Å²) in [5.41, 5.74) is 1.60. The molecule has 90 valence electrons. The van der Waals surface area contributed by atoms with Crippen molar-refractivity contribution in [3.63, 3.8) is 0 Å². The molecule has 0 aromatic carbocycles. The van der Waals surface area contributed by atoms with E-state index >= 15 is 0 Å². The molecule has 17 heavy (non-hydrogen) atoms. The summed E-state index contributed by atoms with van der Waals surface area (Å²) in [5.74, 6) is 0.0129. The van der Waals surface area contributed by atoms with Crippen LogP contribution >= 0.6 is 11.6 Å². The van der Waals surface area contributed by atoms with E-state index in [1.807, 2.05) is 6.07 Å². The molecule has 6 heteroatoms. The second kappa shape index (κ2) is 5.14. The Morgan fingerprint density at radius 3 is 3.06 bits per heavy atom. The molecule has 0 aliphatic carbocycles. The third kappa shape index (κ3) is 2.94. The molecule has 1 aliphatic heterocycles. The zero-order chi connectivity index (χ0) is 12.3. The number of nitrogens with zero attached hydrogens (tertiary/aromatic N) is 2. The summed E-state index contributed by atoms with van der Waals surface area (Å²) < 4.78 is 0. The number of piperidine rings is 1. The molecular formula is C11H12ClN3O2. The van der Waals surface area contributed by atoms with Crippen LogP contribution in [0.1, 0.15) is 24.3 Å². The largest absolute Gasteiger partial charge is 0.383 e. The van der Waals surface area contributed by atoms with Crippen LogP contribution in [0.4, 0.5) is 0 Å². The molecule has 0 bridgehead atoms. The van der Waals surface area contributed by atoms with Crippen molar-refractivity contribution in [2.75, 3.05) is 6.54 Å². The highest BCUT2D eigenvalue weighted by molar-refractivity contribution is 6.29.